The lowest BCUT2D eigenvalue weighted by Crippen LogP contribution is -2.66. The van der Waals surface area contributed by atoms with Crippen LogP contribution < -0.4 is 5.32 Å². The van der Waals surface area contributed by atoms with Crippen LogP contribution in [-0.2, 0) is 52.6 Å². The molecule has 0 bridgehead atoms. The highest BCUT2D eigenvalue weighted by Gasteiger charge is 2.55. The fraction of sp³-hybridized carbons (Fsp3) is 0.800. The van der Waals surface area contributed by atoms with E-state index in [2.05, 4.69) is 10.2 Å². The van der Waals surface area contributed by atoms with E-state index < -0.39 is 72.4 Å². The Kier molecular flexibility index (Phi) is 15.8. The van der Waals surface area contributed by atoms with Gasteiger partial charge >= 0.3 is 24.2 Å². The summed E-state index contributed by atoms with van der Waals surface area (Å²) in [6.45, 7) is 8.31. The lowest BCUT2D eigenvalue weighted by atomic mass is 9.96. The zero-order valence-electron chi connectivity index (χ0n) is 35.3. The number of rotatable bonds is 7. The third-order valence-electron chi connectivity index (χ3n) is 12.3. The van der Waals surface area contributed by atoms with Gasteiger partial charge in [0.1, 0.15) is 30.3 Å². The SMILES string of the molecule is COC(=O)[C@@H]1C[C@@H](O)[C@H]2CN(C(=O)OC3CCCC3)[C@H](C(C)C)C(=O)N21.COC(=O)[C@@H]1C[C@@H](O)[C@H]2CN[C@H](C(C)C)C(=O)N21.O=C(OC1CCCC1)ON1C(=O)CCC1=O. The molecule has 20 nitrogen and oxygen atoms in total. The molecule has 0 aromatic rings. The van der Waals surface area contributed by atoms with E-state index in [1.165, 1.54) is 28.9 Å². The topological polar surface area (TPSA) is 248 Å². The highest BCUT2D eigenvalue weighted by molar-refractivity contribution is 6.01. The average Bonchev–Trinajstić information content (AvgIpc) is 4.07. The van der Waals surface area contributed by atoms with Crippen molar-refractivity contribution >= 4 is 47.8 Å². The van der Waals surface area contributed by atoms with E-state index in [9.17, 15) is 48.6 Å². The Labute approximate surface area is 349 Å². The maximum atomic E-state index is 13.1. The number of hydrogen-bond acceptors (Lipinski definition) is 16. The number of ether oxygens (including phenoxy) is 4. The first kappa shape index (κ1) is 46.5. The molecule has 336 valence electrons. The van der Waals surface area contributed by atoms with Crippen LogP contribution >= 0.6 is 0 Å². The van der Waals surface area contributed by atoms with Crippen LogP contribution in [-0.4, -0.2) is 166 Å². The molecule has 2 saturated carbocycles. The standard InChI is InChI=1S/C18H28N2O6.C12H20N2O4.C10H13NO5/c1-10(2)15-16(22)20-12(17(23)25-3)8-14(21)13(20)9-19(15)18(24)26-11-6-4-5-7-11;1-6(2)10-11(16)14-7(12(17)18-3)4-9(15)8(14)5-13-10;12-8-5-6-9(13)11(8)16-10(14)15-7-3-1-2-4-7/h10-15,21H,4-9H2,1-3H3;6-10,13,15H,4-5H2,1-3H3;7H,1-6H2/t12-,13+,14+,15+;7-,8+,9+,10+;/m00./s1. The predicted molar refractivity (Wildman–Crippen MR) is 206 cm³/mol. The van der Waals surface area contributed by atoms with Crippen molar-refractivity contribution in [3.63, 3.8) is 0 Å². The van der Waals surface area contributed by atoms with Crippen LogP contribution in [0.25, 0.3) is 0 Å². The van der Waals surface area contributed by atoms with Gasteiger partial charge in [0.25, 0.3) is 11.8 Å². The van der Waals surface area contributed by atoms with Crippen LogP contribution in [0.2, 0.25) is 0 Å². The van der Waals surface area contributed by atoms with Gasteiger partial charge in [-0.25, -0.2) is 19.2 Å². The summed E-state index contributed by atoms with van der Waals surface area (Å²) < 4.78 is 20.1. The van der Waals surface area contributed by atoms with Gasteiger partial charge < -0.3 is 44.3 Å². The van der Waals surface area contributed by atoms with Gasteiger partial charge in [-0.1, -0.05) is 32.8 Å². The van der Waals surface area contributed by atoms with E-state index in [0.29, 0.717) is 11.6 Å². The summed E-state index contributed by atoms with van der Waals surface area (Å²) in [5.74, 6) is -2.41. The second-order valence-electron chi connectivity index (χ2n) is 17.0. The number of carbonyl (C=O) groups is 8. The van der Waals surface area contributed by atoms with E-state index in [1.54, 1.807) is 0 Å². The number of carbonyl (C=O) groups excluding carboxylic acids is 8. The van der Waals surface area contributed by atoms with E-state index >= 15 is 0 Å². The second kappa shape index (κ2) is 20.3. The molecule has 5 saturated heterocycles. The van der Waals surface area contributed by atoms with E-state index in [-0.39, 0.29) is 80.2 Å². The lowest BCUT2D eigenvalue weighted by Gasteiger charge is -2.45. The van der Waals surface area contributed by atoms with Crippen molar-refractivity contribution in [1.82, 2.24) is 25.1 Å². The van der Waals surface area contributed by atoms with Gasteiger partial charge in [-0.15, -0.1) is 0 Å². The fourth-order valence-electron chi connectivity index (χ4n) is 9.16. The summed E-state index contributed by atoms with van der Waals surface area (Å²) >= 11 is 0. The first-order valence-electron chi connectivity index (χ1n) is 21.1. The average molecular weight is 852 g/mol. The number of aliphatic hydroxyl groups excluding tert-OH is 2. The molecular formula is C40H61N5O15. The quantitative estimate of drug-likeness (QED) is 0.185. The molecule has 3 N–H and O–H groups in total. The molecule has 0 unspecified atom stereocenters. The molecule has 60 heavy (non-hydrogen) atoms. The van der Waals surface area contributed by atoms with E-state index in [4.69, 9.17) is 18.9 Å². The van der Waals surface area contributed by atoms with Crippen molar-refractivity contribution in [2.24, 2.45) is 11.8 Å². The third-order valence-corrected chi connectivity index (χ3v) is 12.3. The molecule has 8 atom stereocenters. The van der Waals surface area contributed by atoms with Gasteiger partial charge in [-0.05, 0) is 63.2 Å². The van der Waals surface area contributed by atoms with Gasteiger partial charge in [0.2, 0.25) is 11.8 Å². The summed E-state index contributed by atoms with van der Waals surface area (Å²) in [5, 5.41) is 24.0. The molecule has 7 aliphatic rings. The van der Waals surface area contributed by atoms with Gasteiger partial charge in [-0.2, -0.15) is 0 Å². The van der Waals surface area contributed by atoms with Crippen LogP contribution in [0.5, 0.6) is 0 Å². The van der Waals surface area contributed by atoms with E-state index in [0.717, 1.165) is 51.4 Å². The van der Waals surface area contributed by atoms with Crippen LogP contribution in [0.4, 0.5) is 9.59 Å². The summed E-state index contributed by atoms with van der Waals surface area (Å²) in [4.78, 5) is 104. The molecule has 0 radical (unpaired) electrons. The first-order chi connectivity index (χ1) is 28.5. The Hall–Kier alpha value is -4.56. The summed E-state index contributed by atoms with van der Waals surface area (Å²) in [6.07, 6.45) is 4.79. The molecule has 20 heteroatoms. The van der Waals surface area contributed by atoms with Crippen molar-refractivity contribution in [2.45, 2.75) is 165 Å². The van der Waals surface area contributed by atoms with E-state index in [1.807, 2.05) is 27.7 Å². The molecule has 5 heterocycles. The number of esters is 2. The van der Waals surface area contributed by atoms with Crippen LogP contribution in [0.1, 0.15) is 105 Å². The Morgan fingerprint density at radius 1 is 0.683 bits per heavy atom. The normalized spacial score (nSPS) is 30.4. The van der Waals surface area contributed by atoms with Crippen molar-refractivity contribution in [2.75, 3.05) is 27.3 Å². The molecular weight excluding hydrogens is 790 g/mol. The number of imide groups is 1. The minimum atomic E-state index is -0.962. The summed E-state index contributed by atoms with van der Waals surface area (Å²) in [6, 6.07) is -3.39. The van der Waals surface area contributed by atoms with Crippen molar-refractivity contribution < 1.29 is 72.4 Å². The Bertz CT molecular complexity index is 1600. The number of hydroxylamine groups is 2. The Balaban J connectivity index is 0.000000177. The van der Waals surface area contributed by atoms with Gasteiger partial charge in [0.15, 0.2) is 0 Å². The highest BCUT2D eigenvalue weighted by Crippen LogP contribution is 2.35. The maximum Gasteiger partial charge on any atom is 0.534 e. The smallest absolute Gasteiger partial charge is 0.467 e. The number of amides is 5. The largest absolute Gasteiger partial charge is 0.534 e. The van der Waals surface area contributed by atoms with Crippen LogP contribution in [0.3, 0.4) is 0 Å². The fourth-order valence-corrected chi connectivity index (χ4v) is 9.16. The summed E-state index contributed by atoms with van der Waals surface area (Å²) in [7, 11) is 2.57. The maximum absolute atomic E-state index is 13.1. The van der Waals surface area contributed by atoms with Crippen LogP contribution in [0.15, 0.2) is 0 Å². The zero-order valence-corrected chi connectivity index (χ0v) is 35.3. The van der Waals surface area contributed by atoms with Crippen LogP contribution in [0, 0.1) is 11.8 Å². The van der Waals surface area contributed by atoms with Crippen molar-refractivity contribution in [3.8, 4) is 0 Å². The van der Waals surface area contributed by atoms with Gasteiger partial charge in [0.05, 0.1) is 44.6 Å². The number of fused-ring (bicyclic) bond motifs is 2. The Morgan fingerprint density at radius 3 is 1.65 bits per heavy atom. The molecule has 0 aromatic carbocycles. The van der Waals surface area contributed by atoms with Crippen molar-refractivity contribution in [1.29, 1.82) is 0 Å². The number of hydrogen-bond donors (Lipinski definition) is 3. The minimum absolute atomic E-state index is 0.0928. The monoisotopic (exact) mass is 851 g/mol. The summed E-state index contributed by atoms with van der Waals surface area (Å²) in [5.41, 5.74) is 0. The highest BCUT2D eigenvalue weighted by atomic mass is 16.8. The molecule has 0 spiro atoms. The Morgan fingerprint density at radius 2 is 1.17 bits per heavy atom. The van der Waals surface area contributed by atoms with Gasteiger partial charge in [-0.3, -0.25) is 28.9 Å². The first-order valence-corrected chi connectivity index (χ1v) is 21.1. The number of nitrogens with one attached hydrogen (secondary N) is 1. The number of nitrogens with zero attached hydrogens (tertiary/aromatic N) is 4. The molecule has 2 aliphatic carbocycles. The number of piperazine rings is 2. The molecule has 7 fully saturated rings. The number of methoxy groups -OCH3 is 2. The molecule has 0 aromatic heterocycles. The predicted octanol–water partition coefficient (Wildman–Crippen LogP) is 1.17. The van der Waals surface area contributed by atoms with Gasteiger partial charge in [0, 0.05) is 38.8 Å². The second-order valence-corrected chi connectivity index (χ2v) is 17.0. The number of aliphatic hydroxyl groups is 2. The lowest BCUT2D eigenvalue weighted by molar-refractivity contribution is -0.178. The minimum Gasteiger partial charge on any atom is -0.467 e. The molecule has 7 rings (SSSR count). The van der Waals surface area contributed by atoms with Crippen molar-refractivity contribution in [3.05, 3.63) is 0 Å². The molecule has 5 amide bonds. The molecule has 5 aliphatic heterocycles. The third kappa shape index (κ3) is 10.3. The zero-order chi connectivity index (χ0) is 44.0.